The summed E-state index contributed by atoms with van der Waals surface area (Å²) in [6, 6.07) is 0.679. The molecule has 1 saturated carbocycles. The van der Waals surface area contributed by atoms with E-state index in [0.29, 0.717) is 44.2 Å². The number of fused-ring (bicyclic) bond motifs is 1. The second kappa shape index (κ2) is 10.5. The smallest absolute Gasteiger partial charge is 0.269 e. The molecular formula is C22H26F2N8O3S2. The number of hydrogen-bond donors (Lipinski definition) is 1. The minimum Gasteiger partial charge on any atom is -0.351 e. The average Bonchev–Trinajstić information content (AvgIpc) is 3.54. The number of piperidine rings is 1. The van der Waals surface area contributed by atoms with Crippen molar-refractivity contribution in [3.63, 3.8) is 0 Å². The highest BCUT2D eigenvalue weighted by molar-refractivity contribution is 8.00. The predicted molar refractivity (Wildman–Crippen MR) is 136 cm³/mol. The maximum absolute atomic E-state index is 13.8. The predicted octanol–water partition coefficient (Wildman–Crippen LogP) is 2.96. The van der Waals surface area contributed by atoms with Crippen LogP contribution in [0.3, 0.4) is 0 Å². The van der Waals surface area contributed by atoms with Crippen LogP contribution < -0.4 is 10.9 Å². The molecule has 3 aromatic heterocycles. The summed E-state index contributed by atoms with van der Waals surface area (Å²) in [5, 5.41) is 9.52. The Hall–Kier alpha value is -2.91. The lowest BCUT2D eigenvalue weighted by atomic mass is 10.1. The Morgan fingerprint density at radius 1 is 1.24 bits per heavy atom. The van der Waals surface area contributed by atoms with Gasteiger partial charge in [0.15, 0.2) is 0 Å². The molecular weight excluding hydrogens is 526 g/mol. The summed E-state index contributed by atoms with van der Waals surface area (Å²) in [5.74, 6) is 0.267. The maximum atomic E-state index is 13.8. The third-order valence-electron chi connectivity index (χ3n) is 6.68. The second-order valence-electron chi connectivity index (χ2n) is 9.13. The van der Waals surface area contributed by atoms with E-state index in [1.165, 1.54) is 39.6 Å². The molecule has 37 heavy (non-hydrogen) atoms. The van der Waals surface area contributed by atoms with Crippen LogP contribution in [0.1, 0.15) is 50.1 Å². The molecule has 1 saturated heterocycles. The summed E-state index contributed by atoms with van der Waals surface area (Å²) < 4.78 is 55.6. The highest BCUT2D eigenvalue weighted by Crippen LogP contribution is 2.38. The van der Waals surface area contributed by atoms with E-state index in [1.54, 1.807) is 10.4 Å². The van der Waals surface area contributed by atoms with Gasteiger partial charge in [-0.05, 0) is 49.2 Å². The van der Waals surface area contributed by atoms with Gasteiger partial charge in [0.05, 0.1) is 17.9 Å². The molecule has 1 atom stereocenters. The summed E-state index contributed by atoms with van der Waals surface area (Å²) in [5.41, 5.74) is -0.141. The van der Waals surface area contributed by atoms with E-state index in [9.17, 15) is 22.0 Å². The molecule has 0 bridgehead atoms. The van der Waals surface area contributed by atoms with Crippen molar-refractivity contribution in [1.82, 2.24) is 33.0 Å². The van der Waals surface area contributed by atoms with E-state index >= 15 is 0 Å². The lowest BCUT2D eigenvalue weighted by Gasteiger charge is -2.30. The lowest BCUT2D eigenvalue weighted by molar-refractivity contribution is 0.149. The van der Waals surface area contributed by atoms with E-state index < -0.39 is 33.6 Å². The number of allylic oxidation sites excluding steroid dienone is 1. The van der Waals surface area contributed by atoms with Crippen LogP contribution in [0.15, 0.2) is 40.7 Å². The molecule has 1 unspecified atom stereocenters. The van der Waals surface area contributed by atoms with Crippen molar-refractivity contribution < 1.29 is 17.2 Å². The molecule has 0 aromatic carbocycles. The number of aromatic nitrogens is 6. The topological polar surface area (TPSA) is 128 Å². The Morgan fingerprint density at radius 2 is 2.03 bits per heavy atom. The van der Waals surface area contributed by atoms with Crippen molar-refractivity contribution in [2.45, 2.75) is 50.6 Å². The normalized spacial score (nSPS) is 20.9. The Bertz CT molecular complexity index is 1470. The van der Waals surface area contributed by atoms with Crippen LogP contribution in [-0.4, -0.2) is 66.8 Å². The standard InChI is InChI=1S/C22H26F2N8O3S2/c1-37(34,35)30-7-5-16(6-8-30)28-22-26-10-15-9-17(19(23)24)21(33)32(20(15)29-22)18-4-2-3-14(18)11-36-31-13-25-12-27-31/h9-13,16,18-19H,2-8H2,1H3,(H,26,28,29)/b14-11+. The molecule has 5 rings (SSSR count). The van der Waals surface area contributed by atoms with Gasteiger partial charge in [-0.25, -0.2) is 31.5 Å². The fraction of sp³-hybridized carbons (Fsp3) is 0.500. The van der Waals surface area contributed by atoms with Crippen molar-refractivity contribution in [1.29, 1.82) is 0 Å². The molecule has 0 amide bonds. The van der Waals surface area contributed by atoms with Crippen LogP contribution >= 0.6 is 11.9 Å². The van der Waals surface area contributed by atoms with Crippen molar-refractivity contribution in [2.75, 3.05) is 24.7 Å². The van der Waals surface area contributed by atoms with Gasteiger partial charge < -0.3 is 5.32 Å². The third-order valence-corrected chi connectivity index (χ3v) is 8.80. The Balaban J connectivity index is 1.48. The van der Waals surface area contributed by atoms with Crippen LogP contribution in [0.25, 0.3) is 11.0 Å². The molecule has 1 N–H and O–H groups in total. The first-order chi connectivity index (χ1) is 17.7. The van der Waals surface area contributed by atoms with Crippen LogP contribution in [-0.2, 0) is 10.0 Å². The molecule has 15 heteroatoms. The summed E-state index contributed by atoms with van der Waals surface area (Å²) >= 11 is 1.30. The zero-order valence-electron chi connectivity index (χ0n) is 20.0. The molecule has 0 radical (unpaired) electrons. The van der Waals surface area contributed by atoms with Crippen LogP contribution in [0, 0.1) is 0 Å². The molecule has 3 aromatic rings. The van der Waals surface area contributed by atoms with Gasteiger partial charge in [-0.3, -0.25) is 9.36 Å². The number of rotatable bonds is 7. The largest absolute Gasteiger partial charge is 0.351 e. The molecule has 198 valence electrons. The van der Waals surface area contributed by atoms with Crippen LogP contribution in [0.2, 0.25) is 0 Å². The molecule has 2 fully saturated rings. The van der Waals surface area contributed by atoms with Gasteiger partial charge in [-0.1, -0.05) is 0 Å². The fourth-order valence-corrected chi connectivity index (χ4v) is 6.43. The minimum atomic E-state index is -3.25. The van der Waals surface area contributed by atoms with Gasteiger partial charge in [0, 0.05) is 42.7 Å². The third kappa shape index (κ3) is 5.52. The average molecular weight is 553 g/mol. The number of halogens is 2. The van der Waals surface area contributed by atoms with Gasteiger partial charge in [0.25, 0.3) is 12.0 Å². The number of pyridine rings is 1. The van der Waals surface area contributed by atoms with Crippen molar-refractivity contribution in [3.8, 4) is 0 Å². The summed E-state index contributed by atoms with van der Waals surface area (Å²) in [6.07, 6.45) is 5.94. The highest BCUT2D eigenvalue weighted by Gasteiger charge is 2.29. The van der Waals surface area contributed by atoms with Gasteiger partial charge >= 0.3 is 0 Å². The monoisotopic (exact) mass is 552 g/mol. The first kappa shape index (κ1) is 25.7. The summed E-state index contributed by atoms with van der Waals surface area (Å²) in [7, 11) is -3.25. The maximum Gasteiger partial charge on any atom is 0.269 e. The molecule has 0 spiro atoms. The first-order valence-electron chi connectivity index (χ1n) is 11.8. The zero-order chi connectivity index (χ0) is 26.2. The highest BCUT2D eigenvalue weighted by atomic mass is 32.2. The summed E-state index contributed by atoms with van der Waals surface area (Å²) in [6.45, 7) is 0.762. The molecule has 1 aliphatic heterocycles. The number of nitrogens with one attached hydrogen (secondary N) is 1. The lowest BCUT2D eigenvalue weighted by Crippen LogP contribution is -2.42. The Morgan fingerprint density at radius 3 is 2.70 bits per heavy atom. The van der Waals surface area contributed by atoms with Gasteiger partial charge in [-0.15, -0.1) is 5.10 Å². The molecule has 4 heterocycles. The van der Waals surface area contributed by atoms with Crippen molar-refractivity contribution in [3.05, 3.63) is 51.8 Å². The first-order valence-corrected chi connectivity index (χ1v) is 14.5. The van der Waals surface area contributed by atoms with Gasteiger partial charge in [0.1, 0.15) is 18.3 Å². The molecule has 1 aliphatic carbocycles. The minimum absolute atomic E-state index is 0.0584. The number of hydrogen-bond acceptors (Lipinski definition) is 9. The second-order valence-corrected chi connectivity index (χ2v) is 11.9. The Labute approximate surface area is 216 Å². The van der Waals surface area contributed by atoms with Crippen LogP contribution in [0.4, 0.5) is 14.7 Å². The van der Waals surface area contributed by atoms with Gasteiger partial charge in [-0.2, -0.15) is 9.07 Å². The van der Waals surface area contributed by atoms with Crippen molar-refractivity contribution >= 4 is 39.0 Å². The molecule has 11 nitrogen and oxygen atoms in total. The SMILES string of the molecule is CS(=O)(=O)N1CCC(Nc2ncc3cc(C(F)F)c(=O)n(C4CCC/C4=C\Sn4cncn4)c3n2)CC1. The number of nitrogens with zero attached hydrogens (tertiary/aromatic N) is 7. The van der Waals surface area contributed by atoms with E-state index in [1.807, 2.05) is 5.41 Å². The number of anilines is 1. The van der Waals surface area contributed by atoms with E-state index in [-0.39, 0.29) is 17.6 Å². The van der Waals surface area contributed by atoms with Crippen LogP contribution in [0.5, 0.6) is 0 Å². The van der Waals surface area contributed by atoms with E-state index in [2.05, 4.69) is 25.4 Å². The quantitative estimate of drug-likeness (QED) is 0.470. The van der Waals surface area contributed by atoms with E-state index in [0.717, 1.165) is 18.1 Å². The molecule has 2 aliphatic rings. The van der Waals surface area contributed by atoms with E-state index in [4.69, 9.17) is 0 Å². The van der Waals surface area contributed by atoms with Crippen molar-refractivity contribution in [2.24, 2.45) is 0 Å². The fourth-order valence-electron chi connectivity index (χ4n) is 4.83. The Kier molecular flexibility index (Phi) is 7.27. The van der Waals surface area contributed by atoms with Gasteiger partial charge in [0.2, 0.25) is 16.0 Å². The number of sulfonamides is 1. The zero-order valence-corrected chi connectivity index (χ0v) is 21.6. The summed E-state index contributed by atoms with van der Waals surface area (Å²) in [4.78, 5) is 26.1. The number of alkyl halides is 2.